The van der Waals surface area contributed by atoms with Crippen LogP contribution in [0.3, 0.4) is 0 Å². The van der Waals surface area contributed by atoms with Gasteiger partial charge in [-0.1, -0.05) is 64.8 Å². The fraction of sp³-hybridized carbons (Fsp3) is 0.167. The number of aromatic nitrogens is 2. The molecule has 9 heteroatoms. The van der Waals surface area contributed by atoms with Gasteiger partial charge in [-0.05, 0) is 43.7 Å². The highest BCUT2D eigenvalue weighted by Crippen LogP contribution is 2.37. The first-order chi connectivity index (χ1) is 18.8. The molecule has 7 nitrogen and oxygen atoms in total. The Bertz CT molecular complexity index is 1670. The molecular weight excluding hydrogens is 537 g/mol. The number of fused-ring (bicyclic) bond motifs is 1. The third-order valence-electron chi connectivity index (χ3n) is 6.60. The molecule has 0 aliphatic carbocycles. The topological polar surface area (TPSA) is 97.4 Å². The number of carbonyl (C=O) groups excluding carboxylic acids is 1. The summed E-state index contributed by atoms with van der Waals surface area (Å²) in [7, 11) is 0. The molecule has 0 fully saturated rings. The van der Waals surface area contributed by atoms with Crippen LogP contribution in [0.5, 0.6) is 0 Å². The van der Waals surface area contributed by atoms with Gasteiger partial charge in [0.15, 0.2) is 5.78 Å². The van der Waals surface area contributed by atoms with Crippen molar-refractivity contribution in [3.8, 4) is 11.3 Å². The molecule has 2 aromatic heterocycles. The molecule has 0 aliphatic heterocycles. The Kier molecular flexibility index (Phi) is 7.72. The molecule has 0 aliphatic rings. The van der Waals surface area contributed by atoms with Crippen molar-refractivity contribution in [3.63, 3.8) is 0 Å². The Morgan fingerprint density at radius 2 is 1.77 bits per heavy atom. The van der Waals surface area contributed by atoms with Gasteiger partial charge in [0.1, 0.15) is 11.5 Å². The number of aliphatic carboxylic acids is 1. The van der Waals surface area contributed by atoms with Gasteiger partial charge in [-0.25, -0.2) is 0 Å². The van der Waals surface area contributed by atoms with Gasteiger partial charge in [-0.3, -0.25) is 9.59 Å². The van der Waals surface area contributed by atoms with E-state index in [1.165, 1.54) is 0 Å². The predicted molar refractivity (Wildman–Crippen MR) is 153 cm³/mol. The maximum Gasteiger partial charge on any atom is 0.303 e. The van der Waals surface area contributed by atoms with Crippen molar-refractivity contribution in [2.24, 2.45) is 0 Å². The summed E-state index contributed by atoms with van der Waals surface area (Å²) in [6.07, 6.45) is 2.36. The number of halogens is 2. The van der Waals surface area contributed by atoms with Gasteiger partial charge in [-0.15, -0.1) is 0 Å². The molecule has 5 rings (SSSR count). The molecule has 0 unspecified atom stereocenters. The number of nitrogens with zero attached hydrogens (tertiary/aromatic N) is 2. The minimum absolute atomic E-state index is 0.0690. The summed E-state index contributed by atoms with van der Waals surface area (Å²) >= 11 is 12.8. The van der Waals surface area contributed by atoms with Crippen LogP contribution in [0.2, 0.25) is 10.0 Å². The van der Waals surface area contributed by atoms with Crippen LogP contribution in [0.25, 0.3) is 22.2 Å². The van der Waals surface area contributed by atoms with Gasteiger partial charge in [0.05, 0.1) is 10.0 Å². The second-order valence-corrected chi connectivity index (χ2v) is 9.99. The smallest absolute Gasteiger partial charge is 0.303 e. The fourth-order valence-electron chi connectivity index (χ4n) is 4.65. The van der Waals surface area contributed by atoms with E-state index >= 15 is 0 Å². The molecule has 0 saturated carbocycles. The Labute approximate surface area is 234 Å². The lowest BCUT2D eigenvalue weighted by Crippen LogP contribution is -2.05. The molecule has 0 spiro atoms. The summed E-state index contributed by atoms with van der Waals surface area (Å²) in [5.74, 6) is -0.316. The summed E-state index contributed by atoms with van der Waals surface area (Å²) in [5.41, 5.74) is 4.74. The van der Waals surface area contributed by atoms with Gasteiger partial charge < -0.3 is 19.5 Å². The Hall–Kier alpha value is -4.07. The van der Waals surface area contributed by atoms with Crippen LogP contribution in [0.15, 0.2) is 77.4 Å². The molecule has 0 radical (unpaired) electrons. The number of carboxylic acids is 1. The van der Waals surface area contributed by atoms with E-state index in [9.17, 15) is 9.59 Å². The molecule has 39 heavy (non-hydrogen) atoms. The quantitative estimate of drug-likeness (QED) is 0.170. The third-order valence-corrected chi connectivity index (χ3v) is 7.23. The standard InChI is InChI=1S/C30H25Cl2N3O4/c1-18-22(29(34-39-18)28-24(31)10-5-11-25(28)32)16-33-20-8-4-7-19(15-20)30(38)23-17-35(14-6-13-27(36)37)26-12-3-2-9-21(23)26/h2-5,7-12,15,17,33H,6,13-14,16H2,1H3,(H,36,37). The SMILES string of the molecule is Cc1onc(-c2c(Cl)cccc2Cl)c1CNc1cccc(C(=O)c2cn(CCCC(=O)O)c3ccccc23)c1. The zero-order valence-electron chi connectivity index (χ0n) is 21.1. The van der Waals surface area contributed by atoms with Crippen molar-refractivity contribution >= 4 is 51.5 Å². The molecule has 0 atom stereocenters. The molecule has 3 aromatic carbocycles. The number of hydrogen-bond donors (Lipinski definition) is 2. The molecule has 2 heterocycles. The zero-order valence-corrected chi connectivity index (χ0v) is 22.6. The lowest BCUT2D eigenvalue weighted by atomic mass is 10.0. The van der Waals surface area contributed by atoms with Crippen molar-refractivity contribution in [2.75, 3.05) is 5.32 Å². The minimum atomic E-state index is -0.837. The lowest BCUT2D eigenvalue weighted by Gasteiger charge is -2.10. The highest BCUT2D eigenvalue weighted by molar-refractivity contribution is 6.39. The van der Waals surface area contributed by atoms with Crippen molar-refractivity contribution in [3.05, 3.63) is 105 Å². The number of rotatable bonds is 10. The molecule has 0 amide bonds. The number of aryl methyl sites for hydroxylation is 2. The number of ketones is 1. The summed E-state index contributed by atoms with van der Waals surface area (Å²) in [5, 5.41) is 18.3. The van der Waals surface area contributed by atoms with E-state index in [1.54, 1.807) is 24.3 Å². The number of anilines is 1. The highest BCUT2D eigenvalue weighted by atomic mass is 35.5. The van der Waals surface area contributed by atoms with Gasteiger partial charge in [0, 0.05) is 64.6 Å². The van der Waals surface area contributed by atoms with Crippen LogP contribution in [0.1, 0.15) is 40.1 Å². The first-order valence-corrected chi connectivity index (χ1v) is 13.2. The number of carboxylic acid groups (broad SMARTS) is 1. The monoisotopic (exact) mass is 561 g/mol. The largest absolute Gasteiger partial charge is 0.481 e. The average Bonchev–Trinajstić information content (AvgIpc) is 3.47. The van der Waals surface area contributed by atoms with Crippen LogP contribution >= 0.6 is 23.2 Å². The van der Waals surface area contributed by atoms with E-state index in [0.717, 1.165) is 22.2 Å². The summed E-state index contributed by atoms with van der Waals surface area (Å²) < 4.78 is 7.40. The Balaban J connectivity index is 1.39. The molecule has 5 aromatic rings. The van der Waals surface area contributed by atoms with Crippen molar-refractivity contribution in [2.45, 2.75) is 32.9 Å². The van der Waals surface area contributed by atoms with E-state index in [2.05, 4.69) is 10.5 Å². The van der Waals surface area contributed by atoms with Crippen molar-refractivity contribution in [1.29, 1.82) is 0 Å². The van der Waals surface area contributed by atoms with Gasteiger partial charge in [-0.2, -0.15) is 0 Å². The van der Waals surface area contributed by atoms with Gasteiger partial charge in [0.2, 0.25) is 0 Å². The van der Waals surface area contributed by atoms with Crippen molar-refractivity contribution in [1.82, 2.24) is 9.72 Å². The maximum atomic E-state index is 13.6. The van der Waals surface area contributed by atoms with Crippen LogP contribution in [-0.4, -0.2) is 26.6 Å². The van der Waals surface area contributed by atoms with Crippen LogP contribution in [0, 0.1) is 6.92 Å². The van der Waals surface area contributed by atoms with Gasteiger partial charge in [0.25, 0.3) is 0 Å². The normalized spacial score (nSPS) is 11.2. The second-order valence-electron chi connectivity index (χ2n) is 9.18. The summed E-state index contributed by atoms with van der Waals surface area (Å²) in [4.78, 5) is 24.6. The molecule has 2 N–H and O–H groups in total. The average molecular weight is 562 g/mol. The molecule has 198 valence electrons. The number of hydrogen-bond acceptors (Lipinski definition) is 5. The Morgan fingerprint density at radius 1 is 1.03 bits per heavy atom. The van der Waals surface area contributed by atoms with E-state index < -0.39 is 5.97 Å². The predicted octanol–water partition coefficient (Wildman–Crippen LogP) is 7.62. The van der Waals surface area contributed by atoms with E-state index in [-0.39, 0.29) is 12.2 Å². The number of nitrogens with one attached hydrogen (secondary N) is 1. The van der Waals surface area contributed by atoms with Crippen LogP contribution in [-0.2, 0) is 17.9 Å². The lowest BCUT2D eigenvalue weighted by molar-refractivity contribution is -0.137. The van der Waals surface area contributed by atoms with Crippen molar-refractivity contribution < 1.29 is 19.2 Å². The molecular formula is C30H25Cl2N3O4. The summed E-state index contributed by atoms with van der Waals surface area (Å²) in [6.45, 7) is 2.72. The zero-order chi connectivity index (χ0) is 27.5. The number of benzene rings is 3. The number of para-hydroxylation sites is 1. The van der Waals surface area contributed by atoms with E-state index in [0.29, 0.717) is 57.7 Å². The maximum absolute atomic E-state index is 13.6. The van der Waals surface area contributed by atoms with E-state index in [1.807, 2.05) is 60.2 Å². The van der Waals surface area contributed by atoms with E-state index in [4.69, 9.17) is 32.8 Å². The fourth-order valence-corrected chi connectivity index (χ4v) is 5.23. The number of carbonyl (C=O) groups is 2. The molecule has 0 saturated heterocycles. The second kappa shape index (κ2) is 11.4. The van der Waals surface area contributed by atoms with Gasteiger partial charge >= 0.3 is 5.97 Å². The molecule has 0 bridgehead atoms. The first kappa shape index (κ1) is 26.5. The minimum Gasteiger partial charge on any atom is -0.481 e. The Morgan fingerprint density at radius 3 is 2.54 bits per heavy atom. The summed E-state index contributed by atoms with van der Waals surface area (Å²) in [6, 6.07) is 20.2. The van der Waals surface area contributed by atoms with Crippen LogP contribution in [0.4, 0.5) is 5.69 Å². The third kappa shape index (κ3) is 5.55. The highest BCUT2D eigenvalue weighted by Gasteiger charge is 2.20. The van der Waals surface area contributed by atoms with Crippen LogP contribution < -0.4 is 5.32 Å². The first-order valence-electron chi connectivity index (χ1n) is 12.4.